The Balaban J connectivity index is 1.03. The first-order chi connectivity index (χ1) is 32.0. The van der Waals surface area contributed by atoms with Gasteiger partial charge in [0.1, 0.15) is 0 Å². The highest BCUT2D eigenvalue weighted by atomic mass is 32.2. The van der Waals surface area contributed by atoms with Crippen molar-refractivity contribution in [1.29, 1.82) is 0 Å². The van der Waals surface area contributed by atoms with Crippen molar-refractivity contribution in [2.45, 2.75) is 94.2 Å². The van der Waals surface area contributed by atoms with E-state index in [2.05, 4.69) is 36.6 Å². The van der Waals surface area contributed by atoms with Gasteiger partial charge in [-0.25, -0.2) is 4.79 Å². The van der Waals surface area contributed by atoms with Crippen LogP contribution < -0.4 is 42.7 Å². The molecule has 0 saturated carbocycles. The highest BCUT2D eigenvalue weighted by Gasteiger charge is 2.47. The minimum Gasteiger partial charge on any atom is -0.386 e. The van der Waals surface area contributed by atoms with Crippen molar-refractivity contribution in [3.05, 3.63) is 71.1 Å². The molecule has 2 saturated heterocycles. The Morgan fingerprint density at radius 1 is 0.803 bits per heavy atom. The molecular weight excluding hydrogens is 887 g/mol. The van der Waals surface area contributed by atoms with E-state index in [1.165, 1.54) is 0 Å². The van der Waals surface area contributed by atoms with Crippen LogP contribution in [0.2, 0.25) is 0 Å². The molecule has 2 fully saturated rings. The standard InChI is InChI=1S/C45H71N9O10SSi/c1-45(2,64-66(35-13-5-3-6-14-35,36-15-7-4-8-16-36)63-26-23-49-43(57)37(46)17-11-12-21-51-54-47)34-50-41(56)20-24-59-27-29-61-31-32-62-30-28-60-25-22-48-40(55)19-10-9-18-39-42-38(33-65-39)52-44(58)53-42/h3-8,13-16,37-39,42H,9-12,17-34,46H2,1-2H3,(H,48,55)(H,49,57)(H,50,56)(H2,52,53,58)/t37-,38-,39-,42-/m0/s1. The number of fused-ring (bicyclic) bond motifs is 1. The molecule has 366 valence electrons. The fourth-order valence-electron chi connectivity index (χ4n) is 7.40. The molecule has 0 bridgehead atoms. The van der Waals surface area contributed by atoms with Crippen LogP contribution in [-0.4, -0.2) is 153 Å². The Bertz CT molecular complexity index is 1740. The Kier molecular flexibility index (Phi) is 25.4. The Morgan fingerprint density at radius 2 is 1.41 bits per heavy atom. The summed E-state index contributed by atoms with van der Waals surface area (Å²) >= 11 is 1.89. The molecule has 0 aromatic heterocycles. The first kappa shape index (κ1) is 54.3. The summed E-state index contributed by atoms with van der Waals surface area (Å²) in [6.45, 7) is 8.18. The summed E-state index contributed by atoms with van der Waals surface area (Å²) < 4.78 is 36.0. The molecule has 19 nitrogen and oxygen atoms in total. The second-order valence-electron chi connectivity index (χ2n) is 16.6. The van der Waals surface area contributed by atoms with Gasteiger partial charge in [-0.2, -0.15) is 11.8 Å². The fraction of sp³-hybridized carbons (Fsp3) is 0.644. The molecule has 4 atom stereocenters. The lowest BCUT2D eigenvalue weighted by atomic mass is 10.0. The van der Waals surface area contributed by atoms with Crippen molar-refractivity contribution in [2.75, 3.05) is 91.4 Å². The highest BCUT2D eigenvalue weighted by Crippen LogP contribution is 2.33. The number of rotatable bonds is 36. The van der Waals surface area contributed by atoms with E-state index in [0.29, 0.717) is 90.3 Å². The van der Waals surface area contributed by atoms with Crippen LogP contribution in [0.5, 0.6) is 0 Å². The van der Waals surface area contributed by atoms with Gasteiger partial charge in [0.25, 0.3) is 0 Å². The van der Waals surface area contributed by atoms with E-state index >= 15 is 0 Å². The Morgan fingerprint density at radius 3 is 2.06 bits per heavy atom. The lowest BCUT2D eigenvalue weighted by Crippen LogP contribution is -2.67. The summed E-state index contributed by atoms with van der Waals surface area (Å²) in [5.74, 6) is 0.493. The number of ether oxygens (including phenoxy) is 4. The van der Waals surface area contributed by atoms with Gasteiger partial charge in [0.15, 0.2) is 0 Å². The van der Waals surface area contributed by atoms with Gasteiger partial charge in [0.2, 0.25) is 17.7 Å². The lowest BCUT2D eigenvalue weighted by Gasteiger charge is -2.39. The van der Waals surface area contributed by atoms with Gasteiger partial charge in [0, 0.05) is 54.9 Å². The third-order valence-electron chi connectivity index (χ3n) is 10.8. The zero-order valence-electron chi connectivity index (χ0n) is 38.5. The molecule has 2 aliphatic rings. The van der Waals surface area contributed by atoms with Crippen LogP contribution in [0.15, 0.2) is 65.8 Å². The summed E-state index contributed by atoms with van der Waals surface area (Å²) in [5.41, 5.74) is 13.7. The van der Waals surface area contributed by atoms with Gasteiger partial charge in [-0.05, 0) is 55.4 Å². The Labute approximate surface area is 394 Å². The van der Waals surface area contributed by atoms with Crippen LogP contribution >= 0.6 is 11.8 Å². The third-order valence-corrected chi connectivity index (χ3v) is 16.0. The first-order valence-electron chi connectivity index (χ1n) is 23.1. The van der Waals surface area contributed by atoms with Gasteiger partial charge < -0.3 is 60.1 Å². The van der Waals surface area contributed by atoms with E-state index in [1.807, 2.05) is 86.3 Å². The number of unbranched alkanes of at least 4 members (excludes halogenated alkanes) is 2. The number of amides is 5. The van der Waals surface area contributed by atoms with E-state index in [9.17, 15) is 19.2 Å². The van der Waals surface area contributed by atoms with Crippen molar-refractivity contribution < 1.29 is 47.0 Å². The van der Waals surface area contributed by atoms with E-state index in [-0.39, 0.29) is 68.6 Å². The smallest absolute Gasteiger partial charge is 0.386 e. The van der Waals surface area contributed by atoms with Crippen molar-refractivity contribution in [3.8, 4) is 0 Å². The number of carbonyl (C=O) groups excluding carboxylic acids is 4. The largest absolute Gasteiger partial charge is 0.407 e. The lowest BCUT2D eigenvalue weighted by molar-refractivity contribution is -0.123. The molecule has 2 aliphatic heterocycles. The minimum absolute atomic E-state index is 0.0187. The summed E-state index contributed by atoms with van der Waals surface area (Å²) in [4.78, 5) is 52.0. The molecule has 0 radical (unpaired) electrons. The average Bonchev–Trinajstić information content (AvgIpc) is 3.88. The number of nitrogens with two attached hydrogens (primary N) is 1. The fourth-order valence-corrected chi connectivity index (χ4v) is 12.4. The second kappa shape index (κ2) is 30.9. The summed E-state index contributed by atoms with van der Waals surface area (Å²) in [5, 5.41) is 20.4. The summed E-state index contributed by atoms with van der Waals surface area (Å²) in [6, 6.07) is 19.1. The van der Waals surface area contributed by atoms with Gasteiger partial charge in [-0.15, -0.1) is 0 Å². The molecule has 7 N–H and O–H groups in total. The Hall–Kier alpha value is -4.28. The normalized spacial score (nSPS) is 17.3. The van der Waals surface area contributed by atoms with E-state index in [0.717, 1.165) is 35.4 Å². The number of nitrogens with zero attached hydrogens (tertiary/aromatic N) is 3. The zero-order chi connectivity index (χ0) is 47.3. The molecule has 5 amide bonds. The number of nitrogens with one attached hydrogen (secondary N) is 5. The van der Waals surface area contributed by atoms with Crippen molar-refractivity contribution in [3.63, 3.8) is 0 Å². The number of hydrogen-bond donors (Lipinski definition) is 6. The maximum Gasteiger partial charge on any atom is 0.407 e. The molecule has 4 rings (SSSR count). The predicted octanol–water partition coefficient (Wildman–Crippen LogP) is 2.39. The number of benzene rings is 2. The van der Waals surface area contributed by atoms with Crippen LogP contribution in [0.3, 0.4) is 0 Å². The average molecular weight is 958 g/mol. The molecule has 2 heterocycles. The maximum absolute atomic E-state index is 12.9. The van der Waals surface area contributed by atoms with E-state index in [4.69, 9.17) is 39.1 Å². The monoisotopic (exact) mass is 957 g/mol. The van der Waals surface area contributed by atoms with Crippen molar-refractivity contribution >= 4 is 54.4 Å². The molecule has 2 aromatic carbocycles. The topological polar surface area (TPSA) is 259 Å². The van der Waals surface area contributed by atoms with E-state index < -0.39 is 20.2 Å². The second-order valence-corrected chi connectivity index (χ2v) is 20.8. The first-order valence-corrected chi connectivity index (χ1v) is 25.9. The summed E-state index contributed by atoms with van der Waals surface area (Å²) in [6.07, 6.45) is 5.20. The molecule has 66 heavy (non-hydrogen) atoms. The number of urea groups is 1. The van der Waals surface area contributed by atoms with Crippen LogP contribution in [-0.2, 0) is 42.2 Å². The molecule has 0 aliphatic carbocycles. The molecular formula is C45H71N9O10SSi. The van der Waals surface area contributed by atoms with Crippen molar-refractivity contribution in [2.24, 2.45) is 10.8 Å². The minimum atomic E-state index is -3.41. The van der Waals surface area contributed by atoms with Gasteiger partial charge >= 0.3 is 14.6 Å². The van der Waals surface area contributed by atoms with Crippen molar-refractivity contribution in [1.82, 2.24) is 26.6 Å². The third kappa shape index (κ3) is 20.3. The van der Waals surface area contributed by atoms with Gasteiger partial charge in [-0.3, -0.25) is 14.4 Å². The van der Waals surface area contributed by atoms with E-state index in [1.54, 1.807) is 0 Å². The summed E-state index contributed by atoms with van der Waals surface area (Å²) in [7, 11) is -3.41. The molecule has 0 spiro atoms. The molecule has 0 unspecified atom stereocenters. The maximum atomic E-state index is 12.9. The predicted molar refractivity (Wildman–Crippen MR) is 256 cm³/mol. The zero-order valence-corrected chi connectivity index (χ0v) is 40.4. The van der Waals surface area contributed by atoms with Gasteiger partial charge in [-0.1, -0.05) is 78.6 Å². The van der Waals surface area contributed by atoms with Crippen LogP contribution in [0.25, 0.3) is 10.4 Å². The number of hydrogen-bond acceptors (Lipinski definition) is 13. The van der Waals surface area contributed by atoms with Crippen LogP contribution in [0.4, 0.5) is 4.79 Å². The quantitative estimate of drug-likeness (QED) is 0.0144. The highest BCUT2D eigenvalue weighted by molar-refractivity contribution is 8.00. The van der Waals surface area contributed by atoms with Crippen LogP contribution in [0.1, 0.15) is 65.2 Å². The molecule has 21 heteroatoms. The number of azide groups is 1. The molecule has 2 aromatic rings. The van der Waals surface area contributed by atoms with Gasteiger partial charge in [0.05, 0.1) is 83.2 Å². The van der Waals surface area contributed by atoms with Crippen LogP contribution in [0, 0.1) is 0 Å². The number of carbonyl (C=O) groups is 4. The number of thioether (sulfide) groups is 1. The SMILES string of the molecule is CC(C)(CNC(=O)CCOCCOCCOCCOCCNC(=O)CCCC[C@@H]1SC[C@@H]2NC(=O)N[C@@H]21)O[Si](OCCNC(=O)[C@@H](N)CCCCN=[N+]=[N-])(c1ccccc1)c1ccccc1.